The molecule has 0 radical (unpaired) electrons. The third kappa shape index (κ3) is 4.80. The molecule has 0 atom stereocenters. The Hall–Kier alpha value is -2.46. The Bertz CT molecular complexity index is 1250. The summed E-state index contributed by atoms with van der Waals surface area (Å²) in [7, 11) is -3.86. The number of hydrogen-bond donors (Lipinski definition) is 1. The third-order valence-corrected chi connectivity index (χ3v) is 7.87. The minimum Gasteiger partial charge on any atom is -0.339 e. The monoisotopic (exact) mass is 494 g/mol. The number of anilines is 1. The molecular weight excluding hydrogens is 475 g/mol. The number of aromatic nitrogens is 2. The molecule has 0 bridgehead atoms. The molecule has 2 heterocycles. The second-order valence-corrected chi connectivity index (χ2v) is 10.2. The van der Waals surface area contributed by atoms with Crippen LogP contribution in [0.2, 0.25) is 10.0 Å². The highest BCUT2D eigenvalue weighted by Crippen LogP contribution is 2.31. The Balaban J connectivity index is 1.46. The van der Waals surface area contributed by atoms with Crippen molar-refractivity contribution >= 4 is 44.8 Å². The van der Waals surface area contributed by atoms with Crippen molar-refractivity contribution in [3.05, 3.63) is 58.4 Å². The Morgan fingerprint density at radius 1 is 1.16 bits per heavy atom. The van der Waals surface area contributed by atoms with E-state index in [1.807, 2.05) is 0 Å². The molecule has 0 spiro atoms. The van der Waals surface area contributed by atoms with Crippen molar-refractivity contribution in [1.82, 2.24) is 14.4 Å². The summed E-state index contributed by atoms with van der Waals surface area (Å²) in [5.74, 6) is 0.200. The summed E-state index contributed by atoms with van der Waals surface area (Å²) in [6.07, 6.45) is 0.792. The van der Waals surface area contributed by atoms with Crippen molar-refractivity contribution in [2.24, 2.45) is 5.92 Å². The second-order valence-electron chi connectivity index (χ2n) is 7.46. The molecule has 2 aromatic carbocycles. The zero-order chi connectivity index (χ0) is 22.9. The Labute approximate surface area is 195 Å². The molecule has 0 unspecified atom stereocenters. The summed E-state index contributed by atoms with van der Waals surface area (Å²) in [6, 6.07) is 11.5. The van der Waals surface area contributed by atoms with Crippen LogP contribution in [0.1, 0.15) is 18.7 Å². The number of piperidine rings is 1. The van der Waals surface area contributed by atoms with Gasteiger partial charge in [-0.2, -0.15) is 9.29 Å². The minimum absolute atomic E-state index is 0.0269. The SMILES string of the molecule is Cc1nc(-c2ccc(Cl)c(S(=O)(=O)N3CCC(C(=O)Nc4cccc(Cl)c4)CC3)c2)no1. The summed E-state index contributed by atoms with van der Waals surface area (Å²) in [5, 5.41) is 7.30. The first-order valence-electron chi connectivity index (χ1n) is 9.91. The summed E-state index contributed by atoms with van der Waals surface area (Å²) in [5.41, 5.74) is 1.10. The fourth-order valence-electron chi connectivity index (χ4n) is 3.56. The maximum Gasteiger partial charge on any atom is 0.244 e. The van der Waals surface area contributed by atoms with E-state index in [4.69, 9.17) is 27.7 Å². The van der Waals surface area contributed by atoms with Crippen LogP contribution in [0.25, 0.3) is 11.4 Å². The maximum atomic E-state index is 13.3. The van der Waals surface area contributed by atoms with Gasteiger partial charge in [0.15, 0.2) is 0 Å². The standard InChI is InChI=1S/C21H20Cl2N4O4S/c1-13-24-20(26-31-13)15-5-6-18(23)19(11-15)32(29,30)27-9-7-14(8-10-27)21(28)25-17-4-2-3-16(22)12-17/h2-6,11-12,14H,7-10H2,1H3,(H,25,28). The molecule has 1 N–H and O–H groups in total. The number of halogens is 2. The van der Waals surface area contributed by atoms with Crippen LogP contribution in [-0.2, 0) is 14.8 Å². The largest absolute Gasteiger partial charge is 0.339 e. The first kappa shape index (κ1) is 22.7. The van der Waals surface area contributed by atoms with E-state index in [0.717, 1.165) is 0 Å². The van der Waals surface area contributed by atoms with Crippen LogP contribution in [-0.4, -0.2) is 41.9 Å². The second kappa shape index (κ2) is 9.19. The molecule has 8 nitrogen and oxygen atoms in total. The highest BCUT2D eigenvalue weighted by atomic mass is 35.5. The number of rotatable bonds is 5. The number of amides is 1. The molecule has 1 aromatic heterocycles. The van der Waals surface area contributed by atoms with Crippen LogP contribution in [0.15, 0.2) is 51.9 Å². The Morgan fingerprint density at radius 2 is 1.91 bits per heavy atom. The van der Waals surface area contributed by atoms with Gasteiger partial charge in [-0.15, -0.1) is 0 Å². The van der Waals surface area contributed by atoms with E-state index in [9.17, 15) is 13.2 Å². The van der Waals surface area contributed by atoms with E-state index < -0.39 is 10.0 Å². The number of hydrogen-bond acceptors (Lipinski definition) is 6. The average Bonchev–Trinajstić information content (AvgIpc) is 3.20. The van der Waals surface area contributed by atoms with Crippen molar-refractivity contribution in [2.45, 2.75) is 24.7 Å². The van der Waals surface area contributed by atoms with E-state index in [1.54, 1.807) is 37.3 Å². The van der Waals surface area contributed by atoms with Crippen molar-refractivity contribution < 1.29 is 17.7 Å². The predicted molar refractivity (Wildman–Crippen MR) is 121 cm³/mol. The third-order valence-electron chi connectivity index (χ3n) is 5.25. The number of sulfonamides is 1. The molecule has 32 heavy (non-hydrogen) atoms. The van der Waals surface area contributed by atoms with E-state index >= 15 is 0 Å². The van der Waals surface area contributed by atoms with Gasteiger partial charge in [0.05, 0.1) is 5.02 Å². The molecule has 168 valence electrons. The summed E-state index contributed by atoms with van der Waals surface area (Å²) in [6.45, 7) is 2.06. The van der Waals surface area contributed by atoms with Crippen LogP contribution < -0.4 is 5.32 Å². The lowest BCUT2D eigenvalue weighted by Crippen LogP contribution is -2.41. The van der Waals surface area contributed by atoms with E-state index in [-0.39, 0.29) is 40.7 Å². The normalized spacial score (nSPS) is 15.6. The number of nitrogens with zero attached hydrogens (tertiary/aromatic N) is 3. The van der Waals surface area contributed by atoms with Crippen LogP contribution in [0.3, 0.4) is 0 Å². The zero-order valence-electron chi connectivity index (χ0n) is 17.1. The lowest BCUT2D eigenvalue weighted by Gasteiger charge is -2.30. The summed E-state index contributed by atoms with van der Waals surface area (Å²) in [4.78, 5) is 16.7. The minimum atomic E-state index is -3.86. The van der Waals surface area contributed by atoms with Gasteiger partial charge in [-0.3, -0.25) is 4.79 Å². The van der Waals surface area contributed by atoms with E-state index in [2.05, 4.69) is 15.5 Å². The lowest BCUT2D eigenvalue weighted by molar-refractivity contribution is -0.120. The predicted octanol–water partition coefficient (Wildman–Crippen LogP) is 4.39. The fourth-order valence-corrected chi connectivity index (χ4v) is 5.73. The fraction of sp³-hybridized carbons (Fsp3) is 0.286. The van der Waals surface area contributed by atoms with Crippen LogP contribution >= 0.6 is 23.2 Å². The first-order valence-corrected chi connectivity index (χ1v) is 12.1. The average molecular weight is 495 g/mol. The van der Waals surface area contributed by atoms with Crippen LogP contribution in [0, 0.1) is 12.8 Å². The van der Waals surface area contributed by atoms with Gasteiger partial charge in [-0.05, 0) is 49.2 Å². The van der Waals surface area contributed by atoms with Gasteiger partial charge in [-0.25, -0.2) is 8.42 Å². The number of aryl methyl sites for hydroxylation is 1. The van der Waals surface area contributed by atoms with E-state index in [1.165, 1.54) is 16.4 Å². The molecule has 4 rings (SSSR count). The van der Waals surface area contributed by atoms with Crippen molar-refractivity contribution in [3.8, 4) is 11.4 Å². The molecule has 1 saturated heterocycles. The summed E-state index contributed by atoms with van der Waals surface area (Å²) < 4.78 is 32.9. The number of carbonyl (C=O) groups is 1. The number of nitrogens with one attached hydrogen (secondary N) is 1. The van der Waals surface area contributed by atoms with Gasteiger partial charge < -0.3 is 9.84 Å². The topological polar surface area (TPSA) is 105 Å². The molecule has 3 aromatic rings. The van der Waals surface area contributed by atoms with Crippen molar-refractivity contribution in [2.75, 3.05) is 18.4 Å². The molecule has 1 aliphatic heterocycles. The highest BCUT2D eigenvalue weighted by Gasteiger charge is 2.33. The molecule has 0 saturated carbocycles. The zero-order valence-corrected chi connectivity index (χ0v) is 19.4. The molecule has 1 amide bonds. The van der Waals surface area contributed by atoms with Crippen molar-refractivity contribution in [3.63, 3.8) is 0 Å². The van der Waals surface area contributed by atoms with Gasteiger partial charge >= 0.3 is 0 Å². The van der Waals surface area contributed by atoms with Gasteiger partial charge in [0, 0.05) is 42.2 Å². The van der Waals surface area contributed by atoms with E-state index in [0.29, 0.717) is 35.0 Å². The van der Waals surface area contributed by atoms with Crippen LogP contribution in [0.5, 0.6) is 0 Å². The molecule has 0 aliphatic carbocycles. The van der Waals surface area contributed by atoms with Crippen LogP contribution in [0.4, 0.5) is 5.69 Å². The molecule has 1 aliphatic rings. The first-order chi connectivity index (χ1) is 15.2. The number of carbonyl (C=O) groups excluding carboxylic acids is 1. The van der Waals surface area contributed by atoms with Crippen molar-refractivity contribution in [1.29, 1.82) is 0 Å². The van der Waals surface area contributed by atoms with Gasteiger partial charge in [-0.1, -0.05) is 34.4 Å². The van der Waals surface area contributed by atoms with Gasteiger partial charge in [0.2, 0.25) is 27.6 Å². The smallest absolute Gasteiger partial charge is 0.244 e. The maximum absolute atomic E-state index is 13.3. The van der Waals surface area contributed by atoms with Gasteiger partial charge in [0.25, 0.3) is 0 Å². The highest BCUT2D eigenvalue weighted by molar-refractivity contribution is 7.89. The van der Waals surface area contributed by atoms with Gasteiger partial charge in [0.1, 0.15) is 4.90 Å². The quantitative estimate of drug-likeness (QED) is 0.563. The Morgan fingerprint density at radius 3 is 2.56 bits per heavy atom. The Kier molecular flexibility index (Phi) is 6.52. The molecule has 1 fully saturated rings. The summed E-state index contributed by atoms with van der Waals surface area (Å²) >= 11 is 12.2. The molecular formula is C21H20Cl2N4O4S. The number of benzene rings is 2. The lowest BCUT2D eigenvalue weighted by atomic mass is 9.97. The molecule has 11 heteroatoms.